The van der Waals surface area contributed by atoms with E-state index >= 15 is 0 Å². The van der Waals surface area contributed by atoms with Gasteiger partial charge in [0.05, 0.1) is 23.3 Å². The standard InChI is InChI=1S/C25H26ClN9O/c1-4-27-21-12-16(5-6-17(21)25-31-33-34-32-25)20-13-23(30-14-29-20)28-9-10-35-15(2)11-18-22(36-3)8-7-19(26)24(18)35/h5-8,11-14,27H,4,9-10H2,1-3H3,(H,28,29,30)(H,31,32,33,34). The van der Waals surface area contributed by atoms with Crippen molar-refractivity contribution < 1.29 is 4.74 Å². The van der Waals surface area contributed by atoms with Crippen LogP contribution in [-0.2, 0) is 6.54 Å². The molecule has 0 saturated carbocycles. The molecule has 0 amide bonds. The third-order valence-electron chi connectivity index (χ3n) is 5.99. The molecule has 0 fully saturated rings. The lowest BCUT2D eigenvalue weighted by Crippen LogP contribution is -2.12. The summed E-state index contributed by atoms with van der Waals surface area (Å²) in [6.45, 7) is 6.25. The number of benzene rings is 2. The number of aromatic nitrogens is 7. The maximum absolute atomic E-state index is 6.53. The lowest BCUT2D eigenvalue weighted by atomic mass is 10.1. The van der Waals surface area contributed by atoms with Crippen LogP contribution in [0.2, 0.25) is 5.02 Å². The number of nitrogens with zero attached hydrogens (tertiary/aromatic N) is 6. The van der Waals surface area contributed by atoms with E-state index in [0.717, 1.165) is 57.2 Å². The molecule has 10 nitrogen and oxygen atoms in total. The van der Waals surface area contributed by atoms with E-state index in [9.17, 15) is 0 Å². The topological polar surface area (TPSA) is 118 Å². The number of halogens is 1. The molecule has 2 aromatic carbocycles. The monoisotopic (exact) mass is 503 g/mol. The predicted octanol–water partition coefficient (Wildman–Crippen LogP) is 4.79. The minimum Gasteiger partial charge on any atom is -0.496 e. The first-order valence-electron chi connectivity index (χ1n) is 11.6. The molecule has 0 unspecified atom stereocenters. The van der Waals surface area contributed by atoms with Gasteiger partial charge < -0.3 is 19.9 Å². The summed E-state index contributed by atoms with van der Waals surface area (Å²) in [5, 5.41) is 22.7. The molecule has 184 valence electrons. The molecule has 3 aromatic heterocycles. The fourth-order valence-corrected chi connectivity index (χ4v) is 4.60. The number of hydrogen-bond donors (Lipinski definition) is 3. The Hall–Kier alpha value is -4.18. The molecule has 3 N–H and O–H groups in total. The molecule has 0 atom stereocenters. The molecule has 5 aromatic rings. The smallest absolute Gasteiger partial charge is 0.181 e. The van der Waals surface area contributed by atoms with E-state index in [1.165, 1.54) is 0 Å². The molecular formula is C25H26ClN9O. The number of H-pyrrole nitrogens is 1. The molecule has 0 aliphatic rings. The summed E-state index contributed by atoms with van der Waals surface area (Å²) in [5.74, 6) is 2.16. The van der Waals surface area contributed by atoms with Crippen molar-refractivity contribution in [3.05, 3.63) is 59.5 Å². The van der Waals surface area contributed by atoms with Gasteiger partial charge in [-0.15, -0.1) is 5.10 Å². The van der Waals surface area contributed by atoms with Gasteiger partial charge in [0, 0.05) is 53.6 Å². The summed E-state index contributed by atoms with van der Waals surface area (Å²) in [5.41, 5.74) is 5.66. The molecule has 5 rings (SSSR count). The zero-order valence-electron chi connectivity index (χ0n) is 20.2. The van der Waals surface area contributed by atoms with E-state index in [4.69, 9.17) is 16.3 Å². The van der Waals surface area contributed by atoms with Crippen LogP contribution in [0.25, 0.3) is 33.5 Å². The minimum absolute atomic E-state index is 0.605. The second-order valence-electron chi connectivity index (χ2n) is 8.21. The van der Waals surface area contributed by atoms with Crippen molar-refractivity contribution >= 4 is 34.0 Å². The summed E-state index contributed by atoms with van der Waals surface area (Å²) in [6.07, 6.45) is 1.57. The van der Waals surface area contributed by atoms with Crippen molar-refractivity contribution in [2.24, 2.45) is 0 Å². The number of nitrogens with one attached hydrogen (secondary N) is 3. The van der Waals surface area contributed by atoms with Gasteiger partial charge in [0.1, 0.15) is 17.9 Å². The number of hydrogen-bond acceptors (Lipinski definition) is 8. The van der Waals surface area contributed by atoms with Crippen LogP contribution in [-0.4, -0.2) is 55.4 Å². The number of ether oxygens (including phenoxy) is 1. The van der Waals surface area contributed by atoms with E-state index < -0.39 is 0 Å². The Balaban J connectivity index is 1.35. The van der Waals surface area contributed by atoms with E-state index in [2.05, 4.69) is 58.8 Å². The summed E-state index contributed by atoms with van der Waals surface area (Å²) >= 11 is 6.53. The lowest BCUT2D eigenvalue weighted by molar-refractivity contribution is 0.420. The molecular weight excluding hydrogens is 478 g/mol. The van der Waals surface area contributed by atoms with Crippen LogP contribution in [0.5, 0.6) is 5.75 Å². The summed E-state index contributed by atoms with van der Waals surface area (Å²) in [7, 11) is 1.67. The highest BCUT2D eigenvalue weighted by atomic mass is 35.5. The Morgan fingerprint density at radius 1 is 1.08 bits per heavy atom. The molecule has 0 aliphatic carbocycles. The largest absolute Gasteiger partial charge is 0.496 e. The van der Waals surface area contributed by atoms with Crippen LogP contribution < -0.4 is 15.4 Å². The van der Waals surface area contributed by atoms with E-state index in [1.54, 1.807) is 13.4 Å². The van der Waals surface area contributed by atoms with Gasteiger partial charge in [-0.3, -0.25) is 0 Å². The molecule has 0 saturated heterocycles. The molecule has 0 spiro atoms. The average molecular weight is 504 g/mol. The van der Waals surface area contributed by atoms with Crippen LogP contribution in [0, 0.1) is 6.92 Å². The zero-order valence-corrected chi connectivity index (χ0v) is 21.0. The van der Waals surface area contributed by atoms with Crippen molar-refractivity contribution in [1.82, 2.24) is 35.2 Å². The van der Waals surface area contributed by atoms with E-state index in [1.807, 2.05) is 43.3 Å². The van der Waals surface area contributed by atoms with Crippen molar-refractivity contribution in [1.29, 1.82) is 0 Å². The third-order valence-corrected chi connectivity index (χ3v) is 6.29. The summed E-state index contributed by atoms with van der Waals surface area (Å²) < 4.78 is 7.70. The SMILES string of the molecule is CCNc1cc(-c2cc(NCCn3c(C)cc4c(OC)ccc(Cl)c43)ncn2)ccc1-c1nnn[nH]1. The van der Waals surface area contributed by atoms with E-state index in [0.29, 0.717) is 23.9 Å². The van der Waals surface area contributed by atoms with Gasteiger partial charge in [-0.1, -0.05) is 17.7 Å². The first-order valence-corrected chi connectivity index (χ1v) is 12.0. The fraction of sp³-hybridized carbons (Fsp3) is 0.240. The van der Waals surface area contributed by atoms with Crippen molar-refractivity contribution in [2.75, 3.05) is 30.8 Å². The lowest BCUT2D eigenvalue weighted by Gasteiger charge is -2.13. The zero-order chi connectivity index (χ0) is 25.1. The molecule has 36 heavy (non-hydrogen) atoms. The Labute approximate surface area is 213 Å². The highest BCUT2D eigenvalue weighted by molar-refractivity contribution is 6.35. The van der Waals surface area contributed by atoms with Gasteiger partial charge in [-0.05, 0) is 54.6 Å². The number of aryl methyl sites for hydroxylation is 1. The predicted molar refractivity (Wildman–Crippen MR) is 142 cm³/mol. The van der Waals surface area contributed by atoms with Gasteiger partial charge in [0.15, 0.2) is 5.82 Å². The van der Waals surface area contributed by atoms with Crippen molar-refractivity contribution in [3.8, 4) is 28.4 Å². The molecule has 11 heteroatoms. The van der Waals surface area contributed by atoms with Gasteiger partial charge in [0.25, 0.3) is 0 Å². The normalized spacial score (nSPS) is 11.1. The average Bonchev–Trinajstić information content (AvgIpc) is 3.54. The van der Waals surface area contributed by atoms with Gasteiger partial charge in [-0.25, -0.2) is 15.1 Å². The third kappa shape index (κ3) is 4.55. The highest BCUT2D eigenvalue weighted by Crippen LogP contribution is 2.34. The van der Waals surface area contributed by atoms with Crippen LogP contribution in [0.4, 0.5) is 11.5 Å². The highest BCUT2D eigenvalue weighted by Gasteiger charge is 2.14. The second kappa shape index (κ2) is 10.2. The summed E-state index contributed by atoms with van der Waals surface area (Å²) in [4.78, 5) is 8.89. The number of methoxy groups -OCH3 is 1. The number of aromatic amines is 1. The number of fused-ring (bicyclic) bond motifs is 1. The molecule has 3 heterocycles. The van der Waals surface area contributed by atoms with Crippen molar-refractivity contribution in [3.63, 3.8) is 0 Å². The van der Waals surface area contributed by atoms with Crippen LogP contribution in [0.15, 0.2) is 48.8 Å². The number of anilines is 2. The Bertz CT molecular complexity index is 1500. The summed E-state index contributed by atoms with van der Waals surface area (Å²) in [6, 6.07) is 13.8. The quantitative estimate of drug-likeness (QED) is 0.262. The van der Waals surface area contributed by atoms with Crippen molar-refractivity contribution in [2.45, 2.75) is 20.4 Å². The van der Waals surface area contributed by atoms with Gasteiger partial charge >= 0.3 is 0 Å². The first-order chi connectivity index (χ1) is 17.6. The maximum Gasteiger partial charge on any atom is 0.181 e. The second-order valence-corrected chi connectivity index (χ2v) is 8.61. The molecule has 0 bridgehead atoms. The number of tetrazole rings is 1. The number of rotatable bonds is 9. The van der Waals surface area contributed by atoms with Crippen LogP contribution >= 0.6 is 11.6 Å². The van der Waals surface area contributed by atoms with Gasteiger partial charge in [-0.2, -0.15) is 0 Å². The molecule has 0 aliphatic heterocycles. The Kier molecular flexibility index (Phi) is 6.68. The first kappa shape index (κ1) is 23.6. The minimum atomic E-state index is 0.605. The molecule has 0 radical (unpaired) electrons. The Morgan fingerprint density at radius 2 is 1.97 bits per heavy atom. The van der Waals surface area contributed by atoms with E-state index in [-0.39, 0.29) is 0 Å². The Morgan fingerprint density at radius 3 is 2.75 bits per heavy atom. The maximum atomic E-state index is 6.53. The fourth-order valence-electron chi connectivity index (χ4n) is 4.33. The van der Waals surface area contributed by atoms with Crippen LogP contribution in [0.3, 0.4) is 0 Å². The van der Waals surface area contributed by atoms with Gasteiger partial charge in [0.2, 0.25) is 0 Å². The van der Waals surface area contributed by atoms with Crippen LogP contribution in [0.1, 0.15) is 12.6 Å².